The minimum atomic E-state index is -6.09. The second kappa shape index (κ2) is 13.4. The second-order valence-electron chi connectivity index (χ2n) is 6.47. The van der Waals surface area contributed by atoms with E-state index in [4.69, 9.17) is 17.7 Å². The summed E-state index contributed by atoms with van der Waals surface area (Å²) in [4.78, 5) is 11.2. The summed E-state index contributed by atoms with van der Waals surface area (Å²) >= 11 is 0. The van der Waals surface area contributed by atoms with Crippen molar-refractivity contribution in [3.05, 3.63) is 30.9 Å². The molecule has 7 nitrogen and oxygen atoms in total. The van der Waals surface area contributed by atoms with Gasteiger partial charge in [0.15, 0.2) is 10.1 Å². The molecular weight excluding hydrogens is 413 g/mol. The molecule has 0 radical (unpaired) electrons. The summed E-state index contributed by atoms with van der Waals surface area (Å²) in [6.45, 7) is 10.0. The third kappa shape index (κ3) is 13.1. The lowest BCUT2D eigenvalue weighted by atomic mass is 10.2. The molecule has 1 heterocycles. The number of carbonyl (C=O) groups excluding carboxylic acids is 1. The Hall–Kier alpha value is -1.88. The van der Waals surface area contributed by atoms with Gasteiger partial charge in [0.1, 0.15) is 12.4 Å². The molecule has 1 rings (SSSR count). The lowest BCUT2D eigenvalue weighted by molar-refractivity contribution is -0.696. The number of carbonyl (C=O) groups is 1. The van der Waals surface area contributed by atoms with Gasteiger partial charge in [0.2, 0.25) is 6.33 Å². The molecule has 29 heavy (non-hydrogen) atoms. The first-order chi connectivity index (χ1) is 13.4. The maximum absolute atomic E-state index is 11.2. The van der Waals surface area contributed by atoms with E-state index in [0.717, 1.165) is 25.9 Å². The third-order valence-electron chi connectivity index (χ3n) is 3.69. The smallest absolute Gasteiger partial charge is 0.485 e. The summed E-state index contributed by atoms with van der Waals surface area (Å²) in [7, 11) is -6.09. The highest BCUT2D eigenvalue weighted by atomic mass is 32.2. The Morgan fingerprint density at radius 3 is 2.34 bits per heavy atom. The topological polar surface area (TPSA) is 92.3 Å². The number of aromatic nitrogens is 2. The third-order valence-corrected chi connectivity index (χ3v) is 4.26. The summed E-state index contributed by atoms with van der Waals surface area (Å²) in [5.74, 6) is -0.291. The van der Waals surface area contributed by atoms with Gasteiger partial charge in [-0.15, -0.1) is 0 Å². The summed E-state index contributed by atoms with van der Waals surface area (Å²) in [6, 6.07) is 0. The highest BCUT2D eigenvalue weighted by Crippen LogP contribution is 2.20. The zero-order valence-corrected chi connectivity index (χ0v) is 17.6. The van der Waals surface area contributed by atoms with E-state index in [-0.39, 0.29) is 5.97 Å². The van der Waals surface area contributed by atoms with Crippen LogP contribution in [0.15, 0.2) is 30.9 Å². The predicted molar refractivity (Wildman–Crippen MR) is 99.5 cm³/mol. The first-order valence-corrected chi connectivity index (χ1v) is 10.7. The van der Waals surface area contributed by atoms with Crippen molar-refractivity contribution in [2.75, 3.05) is 6.61 Å². The SMILES string of the molecule is C=C(C)C(=O)OCCCCn1cc[n+](CCCCCC)c1.O=S(=O)([O-])C(F)(F)F. The molecule has 0 fully saturated rings. The fourth-order valence-electron chi connectivity index (χ4n) is 2.11. The number of halogens is 3. The molecule has 0 N–H and O–H groups in total. The lowest BCUT2D eigenvalue weighted by Crippen LogP contribution is -2.30. The van der Waals surface area contributed by atoms with E-state index in [1.54, 1.807) is 6.92 Å². The Balaban J connectivity index is 0.000000828. The van der Waals surface area contributed by atoms with Gasteiger partial charge in [0.05, 0.1) is 19.7 Å². The van der Waals surface area contributed by atoms with Crippen LogP contribution in [0.25, 0.3) is 0 Å². The number of aryl methyl sites for hydroxylation is 2. The van der Waals surface area contributed by atoms with Crippen molar-refractivity contribution >= 4 is 16.1 Å². The van der Waals surface area contributed by atoms with Gasteiger partial charge in [-0.3, -0.25) is 0 Å². The van der Waals surface area contributed by atoms with Gasteiger partial charge in [-0.2, -0.15) is 13.2 Å². The van der Waals surface area contributed by atoms with E-state index in [9.17, 15) is 18.0 Å². The van der Waals surface area contributed by atoms with Crippen LogP contribution in [-0.4, -0.2) is 35.6 Å². The van der Waals surface area contributed by atoms with E-state index in [0.29, 0.717) is 12.2 Å². The molecule has 0 saturated carbocycles. The van der Waals surface area contributed by atoms with Crippen LogP contribution in [0.5, 0.6) is 0 Å². The number of rotatable bonds is 11. The van der Waals surface area contributed by atoms with Crippen molar-refractivity contribution < 1.29 is 40.2 Å². The zero-order chi connectivity index (χ0) is 22.5. The Morgan fingerprint density at radius 1 is 1.21 bits per heavy atom. The molecule has 0 amide bonds. The maximum atomic E-state index is 11.2. The molecule has 0 saturated heterocycles. The van der Waals surface area contributed by atoms with Crippen LogP contribution in [0.2, 0.25) is 0 Å². The number of alkyl halides is 3. The normalized spacial score (nSPS) is 11.5. The number of unbranched alkanes of at least 4 members (excludes halogenated alkanes) is 4. The van der Waals surface area contributed by atoms with Gasteiger partial charge in [-0.1, -0.05) is 26.3 Å². The molecule has 0 spiro atoms. The standard InChI is InChI=1S/C17H29N2O2.CHF3O3S/c1-4-5-6-7-10-18-12-13-19(15-18)11-8-9-14-21-17(20)16(2)3;2-1(3,4)8(5,6)7/h12-13,15H,2,4-11,14H2,1,3H3;(H,5,6,7)/q+1;/p-1. The minimum Gasteiger partial charge on any atom is -0.741 e. The van der Waals surface area contributed by atoms with Crippen molar-refractivity contribution in [2.24, 2.45) is 0 Å². The Bertz CT molecular complexity index is 730. The van der Waals surface area contributed by atoms with Crippen molar-refractivity contribution in [2.45, 2.75) is 71.0 Å². The number of nitrogens with zero attached hydrogens (tertiary/aromatic N) is 2. The minimum absolute atomic E-state index is 0.291. The summed E-state index contributed by atoms with van der Waals surface area (Å²) in [5.41, 5.74) is -5.18. The first-order valence-electron chi connectivity index (χ1n) is 9.28. The fourth-order valence-corrected chi connectivity index (χ4v) is 2.11. The van der Waals surface area contributed by atoms with E-state index in [1.165, 1.54) is 25.7 Å². The second-order valence-corrected chi connectivity index (χ2v) is 7.84. The van der Waals surface area contributed by atoms with Gasteiger partial charge in [0.25, 0.3) is 0 Å². The summed E-state index contributed by atoms with van der Waals surface area (Å²) < 4.78 is 68.4. The molecular formula is C18H29F3N2O5S. The highest BCUT2D eigenvalue weighted by Gasteiger charge is 2.36. The maximum Gasteiger partial charge on any atom is 0.485 e. The van der Waals surface area contributed by atoms with Crippen molar-refractivity contribution in [3.8, 4) is 0 Å². The molecule has 0 aromatic carbocycles. The van der Waals surface area contributed by atoms with Crippen LogP contribution >= 0.6 is 0 Å². The van der Waals surface area contributed by atoms with E-state index in [1.807, 2.05) is 0 Å². The van der Waals surface area contributed by atoms with Crippen LogP contribution in [0.3, 0.4) is 0 Å². The van der Waals surface area contributed by atoms with Gasteiger partial charge in [0, 0.05) is 5.57 Å². The highest BCUT2D eigenvalue weighted by molar-refractivity contribution is 7.86. The monoisotopic (exact) mass is 442 g/mol. The van der Waals surface area contributed by atoms with Gasteiger partial charge in [-0.05, 0) is 32.6 Å². The molecule has 1 aromatic rings. The average molecular weight is 443 g/mol. The van der Waals surface area contributed by atoms with Crippen LogP contribution in [0.1, 0.15) is 52.4 Å². The molecule has 11 heteroatoms. The van der Waals surface area contributed by atoms with Gasteiger partial charge >= 0.3 is 11.5 Å². The van der Waals surface area contributed by atoms with Crippen LogP contribution in [-0.2, 0) is 32.7 Å². The van der Waals surface area contributed by atoms with Crippen molar-refractivity contribution in [1.29, 1.82) is 0 Å². The number of imidazole rings is 1. The van der Waals surface area contributed by atoms with Crippen LogP contribution in [0, 0.1) is 0 Å². The zero-order valence-electron chi connectivity index (χ0n) is 16.8. The molecule has 1 aromatic heterocycles. The van der Waals surface area contributed by atoms with E-state index < -0.39 is 15.6 Å². The van der Waals surface area contributed by atoms with Crippen LogP contribution < -0.4 is 4.57 Å². The Labute approximate surface area is 169 Å². The number of hydrogen-bond acceptors (Lipinski definition) is 5. The molecule has 0 atom stereocenters. The number of hydrogen-bond donors (Lipinski definition) is 0. The van der Waals surface area contributed by atoms with Crippen molar-refractivity contribution in [1.82, 2.24) is 4.57 Å². The van der Waals surface area contributed by atoms with Gasteiger partial charge < -0.3 is 9.29 Å². The molecule has 168 valence electrons. The Morgan fingerprint density at radius 2 is 1.83 bits per heavy atom. The molecule has 0 unspecified atom stereocenters. The fraction of sp³-hybridized carbons (Fsp3) is 0.667. The molecule has 0 bridgehead atoms. The van der Waals surface area contributed by atoms with E-state index >= 15 is 0 Å². The van der Waals surface area contributed by atoms with Crippen molar-refractivity contribution in [3.63, 3.8) is 0 Å². The van der Waals surface area contributed by atoms with Gasteiger partial charge in [-0.25, -0.2) is 22.3 Å². The molecule has 0 aliphatic heterocycles. The summed E-state index contributed by atoms with van der Waals surface area (Å²) in [6.07, 6.45) is 13.5. The van der Waals surface area contributed by atoms with E-state index in [2.05, 4.69) is 41.4 Å². The Kier molecular flexibility index (Phi) is 12.5. The van der Waals surface area contributed by atoms with Crippen LogP contribution in [0.4, 0.5) is 13.2 Å². The average Bonchev–Trinajstić information content (AvgIpc) is 3.04. The first kappa shape index (κ1) is 27.1. The largest absolute Gasteiger partial charge is 0.741 e. The number of ether oxygens (including phenoxy) is 1. The number of esters is 1. The quantitative estimate of drug-likeness (QED) is 0.131. The summed E-state index contributed by atoms with van der Waals surface area (Å²) in [5, 5.41) is 0. The molecule has 0 aliphatic rings. The molecule has 0 aliphatic carbocycles. The predicted octanol–water partition coefficient (Wildman–Crippen LogP) is 3.31. The lowest BCUT2D eigenvalue weighted by Gasteiger charge is -2.08.